The largest absolute Gasteiger partial charge is 0.310 e. The number of rotatable bonds is 31. The maximum atomic E-state index is 2.65. The van der Waals surface area contributed by atoms with Gasteiger partial charge in [-0.2, -0.15) is 0 Å². The van der Waals surface area contributed by atoms with Gasteiger partial charge in [0.1, 0.15) is 0 Å². The average molecular weight is 1030 g/mol. The van der Waals surface area contributed by atoms with Crippen molar-refractivity contribution in [3.8, 4) is 22.3 Å². The van der Waals surface area contributed by atoms with Crippen LogP contribution in [-0.4, -0.2) is 0 Å². The van der Waals surface area contributed by atoms with Crippen LogP contribution in [-0.2, 0) is 18.3 Å². The van der Waals surface area contributed by atoms with Crippen molar-refractivity contribution in [1.82, 2.24) is 0 Å². The molecule has 406 valence electrons. The Labute approximate surface area is 468 Å². The van der Waals surface area contributed by atoms with Gasteiger partial charge in [0.25, 0.3) is 0 Å². The lowest BCUT2D eigenvalue weighted by Gasteiger charge is -2.35. The molecule has 2 nitrogen and oxygen atoms in total. The van der Waals surface area contributed by atoms with Gasteiger partial charge < -0.3 is 9.80 Å². The Kier molecular flexibility index (Phi) is 21.3. The summed E-state index contributed by atoms with van der Waals surface area (Å²) in [6.45, 7) is 18.3. The molecule has 2 heteroatoms. The maximum Gasteiger partial charge on any atom is 0.0465 e. The molecule has 7 aromatic rings. The maximum absolute atomic E-state index is 2.65. The van der Waals surface area contributed by atoms with Crippen molar-refractivity contribution in [2.24, 2.45) is 0 Å². The summed E-state index contributed by atoms with van der Waals surface area (Å²) in [6, 6.07) is 57.3. The number of aryl methyl sites for hydroxylation is 6. The fourth-order valence-electron chi connectivity index (χ4n) is 12.7. The number of nitrogens with zero attached hydrogens (tertiary/aromatic N) is 2. The molecule has 0 saturated heterocycles. The van der Waals surface area contributed by atoms with Crippen LogP contribution in [0.2, 0.25) is 0 Å². The van der Waals surface area contributed by atoms with Crippen LogP contribution in [0.4, 0.5) is 34.1 Å². The topological polar surface area (TPSA) is 6.48 Å². The predicted octanol–water partition coefficient (Wildman–Crippen LogP) is 23.5. The van der Waals surface area contributed by atoms with Gasteiger partial charge in [-0.3, -0.25) is 0 Å². The number of benzene rings is 7. The lowest BCUT2D eigenvalue weighted by Crippen LogP contribution is -2.26. The molecule has 0 atom stereocenters. The van der Waals surface area contributed by atoms with E-state index in [4.69, 9.17) is 0 Å². The zero-order valence-corrected chi connectivity index (χ0v) is 49.2. The second-order valence-electron chi connectivity index (χ2n) is 23.4. The highest BCUT2D eigenvalue weighted by Crippen LogP contribution is 2.57. The predicted molar refractivity (Wildman–Crippen MR) is 338 cm³/mol. The summed E-state index contributed by atoms with van der Waals surface area (Å²) in [6.07, 6.45) is 30.4. The van der Waals surface area contributed by atoms with Crippen LogP contribution in [0.25, 0.3) is 22.3 Å². The van der Waals surface area contributed by atoms with Gasteiger partial charge in [0.15, 0.2) is 0 Å². The normalized spacial score (nSPS) is 12.5. The molecule has 1 aliphatic rings. The Bertz CT molecular complexity index is 2890. The van der Waals surface area contributed by atoms with Gasteiger partial charge in [-0.25, -0.2) is 0 Å². The lowest BCUT2D eigenvalue weighted by molar-refractivity contribution is 0.398. The fourth-order valence-corrected chi connectivity index (χ4v) is 12.7. The zero-order valence-electron chi connectivity index (χ0n) is 49.2. The molecule has 0 aliphatic heterocycles. The van der Waals surface area contributed by atoms with Crippen molar-refractivity contribution in [1.29, 1.82) is 0 Å². The Hall–Kier alpha value is -5.86. The molecule has 0 fully saturated rings. The zero-order chi connectivity index (χ0) is 54.0. The van der Waals surface area contributed by atoms with Gasteiger partial charge >= 0.3 is 0 Å². The van der Waals surface area contributed by atoms with E-state index in [1.165, 1.54) is 229 Å². The molecule has 0 unspecified atom stereocenters. The van der Waals surface area contributed by atoms with Gasteiger partial charge in [0.05, 0.1) is 0 Å². The van der Waals surface area contributed by atoms with Crippen molar-refractivity contribution in [3.63, 3.8) is 0 Å². The van der Waals surface area contributed by atoms with Gasteiger partial charge in [-0.05, 0) is 195 Å². The average Bonchev–Trinajstić information content (AvgIpc) is 3.94. The monoisotopic (exact) mass is 1020 g/mol. The highest BCUT2D eigenvalue weighted by atomic mass is 15.1. The number of hydrogen-bond acceptors (Lipinski definition) is 2. The van der Waals surface area contributed by atoms with E-state index in [-0.39, 0.29) is 5.41 Å². The van der Waals surface area contributed by atoms with Crippen molar-refractivity contribution >= 4 is 34.1 Å². The van der Waals surface area contributed by atoms with E-state index in [2.05, 4.69) is 211 Å². The minimum atomic E-state index is -0.117. The van der Waals surface area contributed by atoms with E-state index in [0.717, 1.165) is 25.7 Å². The third-order valence-electron chi connectivity index (χ3n) is 17.2. The SMILES string of the molecule is CCCCCCCCC1(CCCCCCCC)c2cc(N(c3ccc(C)cc3)c3ccc(-c4cc(CCCCCC)c(C)cc4CCCCCC)cc3)ccc2-c2ccc(N(c3ccc(C)cc3)c3cccc(C)c3)cc21. The van der Waals surface area contributed by atoms with Gasteiger partial charge in [-0.1, -0.05) is 227 Å². The van der Waals surface area contributed by atoms with Gasteiger partial charge in [0, 0.05) is 39.5 Å². The first-order valence-corrected chi connectivity index (χ1v) is 31.0. The third-order valence-corrected chi connectivity index (χ3v) is 17.2. The smallest absolute Gasteiger partial charge is 0.0465 e. The first kappa shape index (κ1) is 57.3. The molecule has 0 N–H and O–H groups in total. The van der Waals surface area contributed by atoms with E-state index in [9.17, 15) is 0 Å². The van der Waals surface area contributed by atoms with Gasteiger partial charge in [0.2, 0.25) is 0 Å². The van der Waals surface area contributed by atoms with Crippen LogP contribution in [0.1, 0.15) is 213 Å². The Balaban J connectivity index is 1.25. The molecule has 1 aliphatic carbocycles. The molecule has 0 saturated carbocycles. The molecule has 0 bridgehead atoms. The number of unbranched alkanes of at least 4 members (excludes halogenated alkanes) is 16. The Morgan fingerprint density at radius 3 is 1.19 bits per heavy atom. The van der Waals surface area contributed by atoms with Crippen molar-refractivity contribution < 1.29 is 0 Å². The summed E-state index contributed by atoms with van der Waals surface area (Å²) in [5.41, 5.74) is 24.1. The van der Waals surface area contributed by atoms with E-state index >= 15 is 0 Å². The van der Waals surface area contributed by atoms with Crippen LogP contribution in [0.5, 0.6) is 0 Å². The highest BCUT2D eigenvalue weighted by Gasteiger charge is 2.43. The van der Waals surface area contributed by atoms with Gasteiger partial charge in [-0.15, -0.1) is 0 Å². The summed E-state index contributed by atoms with van der Waals surface area (Å²) in [4.78, 5) is 5.06. The fraction of sp³-hybridized carbons (Fsp3) is 0.440. The standard InChI is InChI=1S/C75H96N2/c1-9-13-17-21-23-27-50-75(51-28-24-22-18-14-10-2)73-55-68(46-48-70(73)71-49-47-69(56-74(71)75)77(65-42-36-58(6)37-43-65)67-33-29-30-59(7)52-67)76(64-40-34-57(5)35-41-64)66-44-38-61(39-45-66)72-54-62(31-25-19-15-11-3)60(8)53-63(72)32-26-20-16-12-4/h29-30,33-49,52-56H,9-28,31-32,50-51H2,1-8H3. The minimum absolute atomic E-state index is 0.117. The van der Waals surface area contributed by atoms with Crippen LogP contribution in [0, 0.1) is 27.7 Å². The van der Waals surface area contributed by atoms with Crippen molar-refractivity contribution in [2.45, 2.75) is 215 Å². The molecule has 0 aromatic heterocycles. The van der Waals surface area contributed by atoms with E-state index in [0.29, 0.717) is 0 Å². The molecule has 7 aromatic carbocycles. The van der Waals surface area contributed by atoms with Crippen LogP contribution >= 0.6 is 0 Å². The summed E-state index contributed by atoms with van der Waals surface area (Å²) < 4.78 is 0. The van der Waals surface area contributed by atoms with Crippen molar-refractivity contribution in [3.05, 3.63) is 190 Å². The number of fused-ring (bicyclic) bond motifs is 3. The second kappa shape index (κ2) is 28.7. The first-order valence-electron chi connectivity index (χ1n) is 31.0. The summed E-state index contributed by atoms with van der Waals surface area (Å²) >= 11 is 0. The highest BCUT2D eigenvalue weighted by molar-refractivity contribution is 5.89. The third kappa shape index (κ3) is 14.4. The lowest BCUT2D eigenvalue weighted by atomic mass is 9.70. The Morgan fingerprint density at radius 2 is 0.714 bits per heavy atom. The quantitative estimate of drug-likeness (QED) is 0.0400. The van der Waals surface area contributed by atoms with Crippen LogP contribution in [0.15, 0.2) is 146 Å². The minimum Gasteiger partial charge on any atom is -0.310 e. The Morgan fingerprint density at radius 1 is 0.312 bits per heavy atom. The van der Waals surface area contributed by atoms with E-state index in [1.807, 2.05) is 0 Å². The van der Waals surface area contributed by atoms with Crippen LogP contribution in [0.3, 0.4) is 0 Å². The number of hydrogen-bond donors (Lipinski definition) is 0. The van der Waals surface area contributed by atoms with E-state index in [1.54, 1.807) is 0 Å². The molecular weight excluding hydrogens is 929 g/mol. The van der Waals surface area contributed by atoms with Crippen LogP contribution < -0.4 is 9.80 Å². The van der Waals surface area contributed by atoms with Crippen molar-refractivity contribution in [2.75, 3.05) is 9.80 Å². The molecule has 0 heterocycles. The molecule has 0 amide bonds. The summed E-state index contributed by atoms with van der Waals surface area (Å²) in [7, 11) is 0. The van der Waals surface area contributed by atoms with E-state index < -0.39 is 0 Å². The molecule has 0 radical (unpaired) electrons. The second-order valence-corrected chi connectivity index (χ2v) is 23.4. The molecule has 0 spiro atoms. The molecular formula is C75H96N2. The molecule has 8 rings (SSSR count). The molecule has 77 heavy (non-hydrogen) atoms. The summed E-state index contributed by atoms with van der Waals surface area (Å²) in [5.74, 6) is 0. The number of anilines is 6. The first-order chi connectivity index (χ1) is 37.7. The summed E-state index contributed by atoms with van der Waals surface area (Å²) in [5, 5.41) is 0.